The number of H-pyrrole nitrogens is 1. The minimum absolute atomic E-state index is 0.500. The molecule has 17 heavy (non-hydrogen) atoms. The van der Waals surface area contributed by atoms with Gasteiger partial charge >= 0.3 is 0 Å². The van der Waals surface area contributed by atoms with E-state index < -0.39 is 0 Å². The fourth-order valence-electron chi connectivity index (χ4n) is 1.91. The summed E-state index contributed by atoms with van der Waals surface area (Å²) in [5.74, 6) is 0. The number of nitrogens with one attached hydrogen (secondary N) is 2. The lowest BCUT2D eigenvalue weighted by atomic mass is 10.1. The standard InChI is InChI=1S/C14H19N3/c1-12(9-13-5-3-2-4-6-13)16-8-7-14-10-15-11-17-14/h2-6,10-12,16H,7-9H2,1H3,(H,15,17). The van der Waals surface area contributed by atoms with Crippen molar-refractivity contribution >= 4 is 0 Å². The van der Waals surface area contributed by atoms with Gasteiger partial charge < -0.3 is 10.3 Å². The van der Waals surface area contributed by atoms with Crippen LogP contribution < -0.4 is 5.32 Å². The first kappa shape index (κ1) is 11.9. The molecule has 1 aromatic carbocycles. The molecule has 0 saturated carbocycles. The summed E-state index contributed by atoms with van der Waals surface area (Å²) >= 11 is 0. The molecule has 0 radical (unpaired) electrons. The molecular formula is C14H19N3. The van der Waals surface area contributed by atoms with E-state index in [2.05, 4.69) is 52.5 Å². The smallest absolute Gasteiger partial charge is 0.0921 e. The average molecular weight is 229 g/mol. The van der Waals surface area contributed by atoms with Crippen molar-refractivity contribution in [2.75, 3.05) is 6.54 Å². The Bertz CT molecular complexity index is 408. The molecule has 90 valence electrons. The monoisotopic (exact) mass is 229 g/mol. The van der Waals surface area contributed by atoms with Crippen molar-refractivity contribution in [3.05, 3.63) is 54.1 Å². The van der Waals surface area contributed by atoms with E-state index in [0.29, 0.717) is 6.04 Å². The molecule has 1 unspecified atom stereocenters. The van der Waals surface area contributed by atoms with E-state index in [1.54, 1.807) is 6.33 Å². The number of aromatic nitrogens is 2. The molecule has 0 saturated heterocycles. The normalized spacial score (nSPS) is 12.5. The highest BCUT2D eigenvalue weighted by molar-refractivity contribution is 5.15. The highest BCUT2D eigenvalue weighted by Crippen LogP contribution is 2.02. The minimum atomic E-state index is 0.500. The van der Waals surface area contributed by atoms with Crippen molar-refractivity contribution in [1.82, 2.24) is 15.3 Å². The van der Waals surface area contributed by atoms with Gasteiger partial charge in [0.2, 0.25) is 0 Å². The zero-order valence-corrected chi connectivity index (χ0v) is 10.2. The number of imidazole rings is 1. The van der Waals surface area contributed by atoms with E-state index >= 15 is 0 Å². The second-order valence-electron chi connectivity index (χ2n) is 4.37. The Hall–Kier alpha value is -1.61. The Morgan fingerprint density at radius 1 is 1.29 bits per heavy atom. The molecule has 0 amide bonds. The van der Waals surface area contributed by atoms with Crippen LogP contribution in [0.1, 0.15) is 18.2 Å². The molecule has 3 heteroatoms. The first-order valence-corrected chi connectivity index (χ1v) is 6.09. The lowest BCUT2D eigenvalue weighted by molar-refractivity contribution is 0.546. The summed E-state index contributed by atoms with van der Waals surface area (Å²) in [7, 11) is 0. The Balaban J connectivity index is 1.69. The molecule has 0 aliphatic carbocycles. The van der Waals surface area contributed by atoms with E-state index in [4.69, 9.17) is 0 Å². The molecule has 2 rings (SSSR count). The summed E-state index contributed by atoms with van der Waals surface area (Å²) in [5.41, 5.74) is 2.57. The third-order valence-corrected chi connectivity index (χ3v) is 2.83. The van der Waals surface area contributed by atoms with Gasteiger partial charge in [-0.25, -0.2) is 4.98 Å². The third kappa shape index (κ3) is 4.04. The van der Waals surface area contributed by atoms with Crippen LogP contribution in [0, 0.1) is 0 Å². The molecule has 2 aromatic rings. The second kappa shape index (κ2) is 6.21. The van der Waals surface area contributed by atoms with Gasteiger partial charge in [0.15, 0.2) is 0 Å². The maximum absolute atomic E-state index is 4.00. The van der Waals surface area contributed by atoms with Gasteiger partial charge in [-0.05, 0) is 18.9 Å². The predicted octanol–water partition coefficient (Wildman–Crippen LogP) is 2.17. The topological polar surface area (TPSA) is 40.7 Å². The third-order valence-electron chi connectivity index (χ3n) is 2.83. The van der Waals surface area contributed by atoms with Gasteiger partial charge in [0.05, 0.1) is 6.33 Å². The van der Waals surface area contributed by atoms with Gasteiger partial charge in [0, 0.05) is 30.9 Å². The number of rotatable bonds is 6. The van der Waals surface area contributed by atoms with Crippen LogP contribution in [0.4, 0.5) is 0 Å². The van der Waals surface area contributed by atoms with Crippen LogP contribution >= 0.6 is 0 Å². The summed E-state index contributed by atoms with van der Waals surface area (Å²) in [6.45, 7) is 3.20. The van der Waals surface area contributed by atoms with Crippen molar-refractivity contribution < 1.29 is 0 Å². The van der Waals surface area contributed by atoms with E-state index in [-0.39, 0.29) is 0 Å². The molecule has 0 aliphatic rings. The maximum Gasteiger partial charge on any atom is 0.0921 e. The van der Waals surface area contributed by atoms with Crippen molar-refractivity contribution in [3.8, 4) is 0 Å². The quantitative estimate of drug-likeness (QED) is 0.797. The molecular weight excluding hydrogens is 210 g/mol. The van der Waals surface area contributed by atoms with Crippen LogP contribution in [0.3, 0.4) is 0 Å². The van der Waals surface area contributed by atoms with Crippen LogP contribution in [0.2, 0.25) is 0 Å². The van der Waals surface area contributed by atoms with Gasteiger partial charge in [-0.1, -0.05) is 30.3 Å². The summed E-state index contributed by atoms with van der Waals surface area (Å²) in [6.07, 6.45) is 5.68. The first-order valence-electron chi connectivity index (χ1n) is 6.09. The summed E-state index contributed by atoms with van der Waals surface area (Å²) in [6, 6.07) is 11.1. The molecule has 0 bridgehead atoms. The highest BCUT2D eigenvalue weighted by atomic mass is 14.9. The number of hydrogen-bond acceptors (Lipinski definition) is 2. The Morgan fingerprint density at radius 2 is 2.12 bits per heavy atom. The van der Waals surface area contributed by atoms with Crippen LogP contribution in [-0.4, -0.2) is 22.6 Å². The number of nitrogens with zero attached hydrogens (tertiary/aromatic N) is 1. The van der Waals surface area contributed by atoms with Crippen LogP contribution in [0.25, 0.3) is 0 Å². The molecule has 1 atom stereocenters. The van der Waals surface area contributed by atoms with E-state index in [1.165, 1.54) is 11.3 Å². The number of aromatic amines is 1. The van der Waals surface area contributed by atoms with Gasteiger partial charge in [0.1, 0.15) is 0 Å². The second-order valence-corrected chi connectivity index (χ2v) is 4.37. The number of hydrogen-bond donors (Lipinski definition) is 2. The molecule has 1 aromatic heterocycles. The molecule has 0 fully saturated rings. The Morgan fingerprint density at radius 3 is 2.82 bits per heavy atom. The van der Waals surface area contributed by atoms with Gasteiger partial charge in [-0.15, -0.1) is 0 Å². The summed E-state index contributed by atoms with van der Waals surface area (Å²) < 4.78 is 0. The van der Waals surface area contributed by atoms with Gasteiger partial charge in [-0.3, -0.25) is 0 Å². The molecule has 3 nitrogen and oxygen atoms in total. The van der Waals surface area contributed by atoms with Crippen molar-refractivity contribution in [2.45, 2.75) is 25.8 Å². The number of benzene rings is 1. The van der Waals surface area contributed by atoms with E-state index in [1.807, 2.05) is 6.20 Å². The van der Waals surface area contributed by atoms with Crippen LogP contribution in [0.15, 0.2) is 42.9 Å². The molecule has 1 heterocycles. The lowest BCUT2D eigenvalue weighted by Crippen LogP contribution is -2.30. The lowest BCUT2D eigenvalue weighted by Gasteiger charge is -2.13. The SMILES string of the molecule is CC(Cc1ccccc1)NCCc1cnc[nH]1. The fourth-order valence-corrected chi connectivity index (χ4v) is 1.91. The minimum Gasteiger partial charge on any atom is -0.348 e. The maximum atomic E-state index is 4.00. The van der Waals surface area contributed by atoms with Crippen molar-refractivity contribution in [2.24, 2.45) is 0 Å². The molecule has 2 N–H and O–H groups in total. The average Bonchev–Trinajstić information content (AvgIpc) is 2.83. The zero-order valence-electron chi connectivity index (χ0n) is 10.2. The Labute approximate surface area is 102 Å². The van der Waals surface area contributed by atoms with Crippen molar-refractivity contribution in [3.63, 3.8) is 0 Å². The highest BCUT2D eigenvalue weighted by Gasteiger charge is 2.02. The predicted molar refractivity (Wildman–Crippen MR) is 69.9 cm³/mol. The summed E-state index contributed by atoms with van der Waals surface area (Å²) in [4.78, 5) is 7.11. The fraction of sp³-hybridized carbons (Fsp3) is 0.357. The molecule has 0 aliphatic heterocycles. The largest absolute Gasteiger partial charge is 0.348 e. The van der Waals surface area contributed by atoms with Crippen LogP contribution in [0.5, 0.6) is 0 Å². The van der Waals surface area contributed by atoms with Crippen molar-refractivity contribution in [1.29, 1.82) is 0 Å². The van der Waals surface area contributed by atoms with Gasteiger partial charge in [-0.2, -0.15) is 0 Å². The first-order chi connectivity index (χ1) is 8.34. The van der Waals surface area contributed by atoms with Gasteiger partial charge in [0.25, 0.3) is 0 Å². The molecule has 0 spiro atoms. The Kier molecular flexibility index (Phi) is 4.33. The zero-order chi connectivity index (χ0) is 11.9. The van der Waals surface area contributed by atoms with E-state index in [9.17, 15) is 0 Å². The van der Waals surface area contributed by atoms with Crippen LogP contribution in [-0.2, 0) is 12.8 Å². The summed E-state index contributed by atoms with van der Waals surface area (Å²) in [5, 5.41) is 3.52. The van der Waals surface area contributed by atoms with E-state index in [0.717, 1.165) is 19.4 Å².